The molecule has 1 amide bonds. The minimum Gasteiger partial charge on any atom is -0.346 e. The van der Waals surface area contributed by atoms with Crippen LogP contribution in [0.15, 0.2) is 0 Å². The van der Waals surface area contributed by atoms with Gasteiger partial charge in [0, 0.05) is 40.2 Å². The van der Waals surface area contributed by atoms with Crippen LogP contribution in [0.4, 0.5) is 4.79 Å². The number of amides is 1. The first-order valence-electron chi connectivity index (χ1n) is 4.88. The van der Waals surface area contributed by atoms with E-state index < -0.39 is 0 Å². The fourth-order valence-corrected chi connectivity index (χ4v) is 2.55. The Morgan fingerprint density at radius 3 is 2.43 bits per heavy atom. The number of carbonyl (C=O) groups is 1. The average molecular weight is 285 g/mol. The molecule has 0 aliphatic heterocycles. The molecule has 0 atom stereocenters. The van der Waals surface area contributed by atoms with Crippen LogP contribution in [0.25, 0.3) is 0 Å². The van der Waals surface area contributed by atoms with Crippen molar-refractivity contribution in [3.05, 3.63) is 0 Å². The summed E-state index contributed by atoms with van der Waals surface area (Å²) in [4.78, 5) is 11.1. The SMILES string of the molecule is CCCCNC(=O)SSCCCC.[Cu]. The third-order valence-electron chi connectivity index (χ3n) is 1.52. The molecule has 0 aromatic heterocycles. The van der Waals surface area contributed by atoms with Gasteiger partial charge in [-0.25, -0.2) is 0 Å². The van der Waals surface area contributed by atoms with Crippen molar-refractivity contribution in [2.45, 2.75) is 39.5 Å². The van der Waals surface area contributed by atoms with E-state index in [0.717, 1.165) is 25.1 Å². The second kappa shape index (κ2) is 13.7. The molecule has 0 bridgehead atoms. The number of carbonyl (C=O) groups excluding carboxylic acids is 1. The third-order valence-corrected chi connectivity index (χ3v) is 3.69. The van der Waals surface area contributed by atoms with Gasteiger partial charge in [0.1, 0.15) is 0 Å². The van der Waals surface area contributed by atoms with Crippen LogP contribution in [0.3, 0.4) is 0 Å². The zero-order chi connectivity index (χ0) is 9.94. The number of unbranched alkanes of at least 4 members (excludes halogenated alkanes) is 2. The molecular weight excluding hydrogens is 266 g/mol. The molecule has 0 saturated carbocycles. The Morgan fingerprint density at radius 1 is 1.21 bits per heavy atom. The van der Waals surface area contributed by atoms with Crippen LogP contribution >= 0.6 is 21.6 Å². The van der Waals surface area contributed by atoms with Crippen molar-refractivity contribution >= 4 is 26.8 Å². The minimum atomic E-state index is 0. The second-order valence-electron chi connectivity index (χ2n) is 2.83. The van der Waals surface area contributed by atoms with E-state index in [4.69, 9.17) is 0 Å². The molecule has 5 heteroatoms. The van der Waals surface area contributed by atoms with Gasteiger partial charge in [0.05, 0.1) is 0 Å². The Kier molecular flexibility index (Phi) is 16.7. The Balaban J connectivity index is 0. The summed E-state index contributed by atoms with van der Waals surface area (Å²) >= 11 is 0. The number of hydrogen-bond donors (Lipinski definition) is 1. The summed E-state index contributed by atoms with van der Waals surface area (Å²) in [5, 5.41) is 2.97. The zero-order valence-electron chi connectivity index (χ0n) is 8.77. The van der Waals surface area contributed by atoms with Crippen LogP contribution < -0.4 is 5.32 Å². The molecule has 14 heavy (non-hydrogen) atoms. The summed E-state index contributed by atoms with van der Waals surface area (Å²) < 4.78 is 0. The van der Waals surface area contributed by atoms with Gasteiger partial charge in [-0.05, 0) is 12.8 Å². The molecule has 0 aromatic rings. The predicted octanol–water partition coefficient (Wildman–Crippen LogP) is 3.68. The Labute approximate surface area is 106 Å². The molecule has 0 aliphatic rings. The van der Waals surface area contributed by atoms with Crippen molar-refractivity contribution in [1.29, 1.82) is 0 Å². The first-order chi connectivity index (χ1) is 6.31. The fourth-order valence-electron chi connectivity index (χ4n) is 0.695. The number of nitrogens with one attached hydrogen (secondary N) is 1. The van der Waals surface area contributed by atoms with Gasteiger partial charge in [-0.1, -0.05) is 37.5 Å². The van der Waals surface area contributed by atoms with E-state index in [2.05, 4.69) is 19.2 Å². The van der Waals surface area contributed by atoms with Crippen molar-refractivity contribution in [2.24, 2.45) is 0 Å². The van der Waals surface area contributed by atoms with Crippen LogP contribution in [-0.2, 0) is 17.1 Å². The van der Waals surface area contributed by atoms with E-state index in [-0.39, 0.29) is 22.3 Å². The minimum absolute atomic E-state index is 0. The van der Waals surface area contributed by atoms with Gasteiger partial charge in [0.2, 0.25) is 0 Å². The quantitative estimate of drug-likeness (QED) is 0.439. The Hall–Kier alpha value is 0.689. The largest absolute Gasteiger partial charge is 0.346 e. The molecule has 0 saturated heterocycles. The van der Waals surface area contributed by atoms with Crippen molar-refractivity contribution in [2.75, 3.05) is 12.3 Å². The molecule has 0 fully saturated rings. The van der Waals surface area contributed by atoms with Crippen LogP contribution in [0, 0.1) is 0 Å². The Morgan fingerprint density at radius 2 is 1.86 bits per heavy atom. The standard InChI is InChI=1S/C9H19NOS2.Cu/c1-3-5-7-10-9(11)13-12-8-6-4-2;/h3-8H2,1-2H3,(H,10,11);. The smallest absolute Gasteiger partial charge is 0.289 e. The van der Waals surface area contributed by atoms with Crippen LogP contribution in [0.5, 0.6) is 0 Å². The van der Waals surface area contributed by atoms with E-state index in [0.29, 0.717) is 0 Å². The van der Waals surface area contributed by atoms with Gasteiger partial charge in [-0.2, -0.15) is 0 Å². The second-order valence-corrected chi connectivity index (χ2v) is 5.22. The maximum absolute atomic E-state index is 11.1. The summed E-state index contributed by atoms with van der Waals surface area (Å²) in [7, 11) is 2.98. The van der Waals surface area contributed by atoms with Crippen molar-refractivity contribution < 1.29 is 21.9 Å². The van der Waals surface area contributed by atoms with E-state index in [1.807, 2.05) is 0 Å². The molecule has 2 nitrogen and oxygen atoms in total. The summed E-state index contributed by atoms with van der Waals surface area (Å²) in [6, 6.07) is 0. The Bertz CT molecular complexity index is 136. The van der Waals surface area contributed by atoms with E-state index in [9.17, 15) is 4.79 Å². The fraction of sp³-hybridized carbons (Fsp3) is 0.889. The summed E-state index contributed by atoms with van der Waals surface area (Å²) in [5.74, 6) is 1.07. The van der Waals surface area contributed by atoms with E-state index >= 15 is 0 Å². The molecule has 0 spiro atoms. The van der Waals surface area contributed by atoms with Crippen LogP contribution in [0.2, 0.25) is 0 Å². The maximum atomic E-state index is 11.1. The van der Waals surface area contributed by atoms with Gasteiger partial charge in [-0.3, -0.25) is 4.79 Å². The van der Waals surface area contributed by atoms with E-state index in [1.54, 1.807) is 10.8 Å². The zero-order valence-corrected chi connectivity index (χ0v) is 11.3. The van der Waals surface area contributed by atoms with Gasteiger partial charge in [0.25, 0.3) is 5.24 Å². The molecule has 1 N–H and O–H groups in total. The topological polar surface area (TPSA) is 29.1 Å². The number of hydrogen-bond acceptors (Lipinski definition) is 3. The van der Waals surface area contributed by atoms with Gasteiger partial charge < -0.3 is 5.32 Å². The van der Waals surface area contributed by atoms with Crippen LogP contribution in [0.1, 0.15) is 39.5 Å². The molecule has 0 heterocycles. The predicted molar refractivity (Wildman–Crippen MR) is 63.3 cm³/mol. The number of rotatable bonds is 7. The molecule has 0 aromatic carbocycles. The third kappa shape index (κ3) is 12.7. The summed E-state index contributed by atoms with van der Waals surface area (Å²) in [6.07, 6.45) is 4.60. The van der Waals surface area contributed by atoms with Crippen molar-refractivity contribution in [3.63, 3.8) is 0 Å². The van der Waals surface area contributed by atoms with Crippen molar-refractivity contribution in [3.8, 4) is 0 Å². The summed E-state index contributed by atoms with van der Waals surface area (Å²) in [6.45, 7) is 5.10. The average Bonchev–Trinajstić information content (AvgIpc) is 2.13. The van der Waals surface area contributed by atoms with Gasteiger partial charge >= 0.3 is 0 Å². The molecular formula is C9H19CuNOS2. The molecule has 89 valence electrons. The molecule has 0 unspecified atom stereocenters. The first-order valence-corrected chi connectivity index (χ1v) is 7.20. The normalized spacial score (nSPS) is 9.29. The van der Waals surface area contributed by atoms with Crippen molar-refractivity contribution in [1.82, 2.24) is 5.32 Å². The molecule has 0 aliphatic carbocycles. The maximum Gasteiger partial charge on any atom is 0.289 e. The molecule has 1 radical (unpaired) electrons. The van der Waals surface area contributed by atoms with Gasteiger partial charge in [0.15, 0.2) is 0 Å². The molecule has 0 rings (SSSR count). The van der Waals surface area contributed by atoms with Crippen LogP contribution in [-0.4, -0.2) is 17.5 Å². The first kappa shape index (κ1) is 17.1. The van der Waals surface area contributed by atoms with Gasteiger partial charge in [-0.15, -0.1) is 0 Å². The van der Waals surface area contributed by atoms with E-state index in [1.165, 1.54) is 23.6 Å². The monoisotopic (exact) mass is 284 g/mol. The summed E-state index contributed by atoms with van der Waals surface area (Å²) in [5.41, 5.74) is 0.